The number of carbonyl (C=O) groups is 2. The normalized spacial score (nSPS) is 9.14. The van der Waals surface area contributed by atoms with Gasteiger partial charge in [0.2, 0.25) is 5.91 Å². The maximum atomic E-state index is 10.4. The number of amides is 1. The third kappa shape index (κ3) is 5.07. The summed E-state index contributed by atoms with van der Waals surface area (Å²) in [6, 6.07) is 8.04. The number of hydrogen-bond acceptors (Lipinski definition) is 5. The molecule has 8 heteroatoms. The van der Waals surface area contributed by atoms with Crippen LogP contribution < -0.4 is 5.73 Å². The van der Waals surface area contributed by atoms with E-state index in [1.54, 1.807) is 12.1 Å². The summed E-state index contributed by atoms with van der Waals surface area (Å²) in [6.07, 6.45) is 3.06. The standard InChI is InChI=1S/C7H5NO4.C6H6N2O/c9-7(10)5-2-1-3-6(4-5)8(11)12;7-6(9)5-1-3-8-4-2-5/h1-4H,(H,9,10);1-4H,(H2,7,9). The second-order valence-electron chi connectivity index (χ2n) is 3.71. The van der Waals surface area contributed by atoms with Gasteiger partial charge in [-0.3, -0.25) is 19.9 Å². The fourth-order valence-electron chi connectivity index (χ4n) is 1.27. The van der Waals surface area contributed by atoms with Gasteiger partial charge in [-0.2, -0.15) is 0 Å². The van der Waals surface area contributed by atoms with Gasteiger partial charge in [0, 0.05) is 30.1 Å². The molecule has 1 aromatic heterocycles. The smallest absolute Gasteiger partial charge is 0.335 e. The van der Waals surface area contributed by atoms with Crippen LogP contribution in [0.2, 0.25) is 0 Å². The van der Waals surface area contributed by atoms with Crippen LogP contribution in [0.1, 0.15) is 20.7 Å². The number of aromatic nitrogens is 1. The van der Waals surface area contributed by atoms with Crippen molar-refractivity contribution < 1.29 is 19.6 Å². The lowest BCUT2D eigenvalue weighted by atomic mass is 10.2. The second-order valence-corrected chi connectivity index (χ2v) is 3.71. The highest BCUT2D eigenvalue weighted by molar-refractivity contribution is 5.92. The van der Waals surface area contributed by atoms with Gasteiger partial charge in [0.1, 0.15) is 0 Å². The number of carboxylic acids is 1. The first-order chi connectivity index (χ1) is 9.91. The molecule has 21 heavy (non-hydrogen) atoms. The first kappa shape index (κ1) is 15.8. The van der Waals surface area contributed by atoms with Gasteiger partial charge in [-0.15, -0.1) is 0 Å². The number of nitrogens with two attached hydrogens (primary N) is 1. The Morgan fingerprint density at radius 1 is 1.14 bits per heavy atom. The van der Waals surface area contributed by atoms with Crippen molar-refractivity contribution in [3.8, 4) is 0 Å². The van der Waals surface area contributed by atoms with Crippen LogP contribution in [0.25, 0.3) is 0 Å². The van der Waals surface area contributed by atoms with E-state index in [0.717, 1.165) is 6.07 Å². The number of primary amides is 1. The Bertz CT molecular complexity index is 629. The van der Waals surface area contributed by atoms with Crippen LogP contribution in [0.5, 0.6) is 0 Å². The largest absolute Gasteiger partial charge is 0.478 e. The fourth-order valence-corrected chi connectivity index (χ4v) is 1.27. The topological polar surface area (TPSA) is 136 Å². The average Bonchev–Trinajstić information content (AvgIpc) is 2.49. The monoisotopic (exact) mass is 289 g/mol. The summed E-state index contributed by atoms with van der Waals surface area (Å²) in [5.74, 6) is -1.59. The van der Waals surface area contributed by atoms with Crippen molar-refractivity contribution in [2.45, 2.75) is 0 Å². The quantitative estimate of drug-likeness (QED) is 0.648. The van der Waals surface area contributed by atoms with E-state index in [1.807, 2.05) is 0 Å². The first-order valence-electron chi connectivity index (χ1n) is 5.59. The molecule has 0 fully saturated rings. The molecule has 2 rings (SSSR count). The number of non-ortho nitro benzene ring substituents is 1. The number of carbonyl (C=O) groups excluding carboxylic acids is 1. The van der Waals surface area contributed by atoms with E-state index in [1.165, 1.54) is 30.6 Å². The van der Waals surface area contributed by atoms with E-state index < -0.39 is 16.8 Å². The van der Waals surface area contributed by atoms with Gasteiger partial charge in [-0.25, -0.2) is 4.79 Å². The maximum Gasteiger partial charge on any atom is 0.335 e. The van der Waals surface area contributed by atoms with Crippen LogP contribution in [-0.2, 0) is 0 Å². The van der Waals surface area contributed by atoms with Gasteiger partial charge in [0.15, 0.2) is 0 Å². The molecule has 0 radical (unpaired) electrons. The Morgan fingerprint density at radius 3 is 2.19 bits per heavy atom. The van der Waals surface area contributed by atoms with E-state index in [4.69, 9.17) is 10.8 Å². The fraction of sp³-hybridized carbons (Fsp3) is 0. The predicted molar refractivity (Wildman–Crippen MR) is 72.8 cm³/mol. The van der Waals surface area contributed by atoms with Crippen molar-refractivity contribution in [3.05, 3.63) is 70.0 Å². The number of benzene rings is 1. The summed E-state index contributed by atoms with van der Waals surface area (Å²) in [7, 11) is 0. The highest BCUT2D eigenvalue weighted by atomic mass is 16.6. The number of nitro groups is 1. The summed E-state index contributed by atoms with van der Waals surface area (Å²) in [6.45, 7) is 0. The Morgan fingerprint density at radius 2 is 1.76 bits per heavy atom. The number of pyridine rings is 1. The summed E-state index contributed by atoms with van der Waals surface area (Å²) < 4.78 is 0. The van der Waals surface area contributed by atoms with E-state index in [9.17, 15) is 19.7 Å². The molecule has 108 valence electrons. The Hall–Kier alpha value is -3.29. The SMILES string of the molecule is NC(=O)c1ccncc1.O=C(O)c1cccc([N+](=O)[O-])c1. The number of nitrogens with zero attached hydrogens (tertiary/aromatic N) is 2. The average molecular weight is 289 g/mol. The van der Waals surface area contributed by atoms with Crippen molar-refractivity contribution >= 4 is 17.6 Å². The van der Waals surface area contributed by atoms with E-state index >= 15 is 0 Å². The summed E-state index contributed by atoms with van der Waals surface area (Å²) in [5.41, 5.74) is 5.15. The molecule has 0 atom stereocenters. The Balaban J connectivity index is 0.000000219. The van der Waals surface area contributed by atoms with Crippen LogP contribution in [0.4, 0.5) is 5.69 Å². The highest BCUT2D eigenvalue weighted by Gasteiger charge is 2.09. The number of nitro benzene ring substituents is 1. The van der Waals surface area contributed by atoms with E-state index in [0.29, 0.717) is 5.56 Å². The molecule has 0 spiro atoms. The third-order valence-corrected chi connectivity index (χ3v) is 2.27. The molecule has 0 aliphatic carbocycles. The summed E-state index contributed by atoms with van der Waals surface area (Å²) in [4.78, 5) is 34.0. The number of hydrogen-bond donors (Lipinski definition) is 2. The summed E-state index contributed by atoms with van der Waals surface area (Å²) in [5, 5.41) is 18.7. The molecule has 0 aliphatic rings. The van der Waals surface area contributed by atoms with Gasteiger partial charge >= 0.3 is 5.97 Å². The molecule has 0 bridgehead atoms. The molecule has 1 heterocycles. The van der Waals surface area contributed by atoms with Crippen LogP contribution in [0.15, 0.2) is 48.8 Å². The van der Waals surface area contributed by atoms with Crippen LogP contribution in [-0.4, -0.2) is 26.9 Å². The lowest BCUT2D eigenvalue weighted by molar-refractivity contribution is -0.384. The molecule has 0 saturated carbocycles. The molecule has 1 amide bonds. The van der Waals surface area contributed by atoms with Gasteiger partial charge in [-0.05, 0) is 18.2 Å². The van der Waals surface area contributed by atoms with Gasteiger partial charge in [0.05, 0.1) is 10.5 Å². The predicted octanol–water partition coefficient (Wildman–Crippen LogP) is 1.47. The van der Waals surface area contributed by atoms with Gasteiger partial charge < -0.3 is 10.8 Å². The minimum absolute atomic E-state index is 0.0794. The Labute approximate surface area is 119 Å². The van der Waals surface area contributed by atoms with Crippen molar-refractivity contribution in [3.63, 3.8) is 0 Å². The third-order valence-electron chi connectivity index (χ3n) is 2.27. The lowest BCUT2D eigenvalue weighted by Crippen LogP contribution is -2.10. The molecular formula is C13H11N3O5. The highest BCUT2D eigenvalue weighted by Crippen LogP contribution is 2.12. The van der Waals surface area contributed by atoms with Crippen LogP contribution in [0.3, 0.4) is 0 Å². The maximum absolute atomic E-state index is 10.4. The molecule has 3 N–H and O–H groups in total. The first-order valence-corrected chi connectivity index (χ1v) is 5.59. The van der Waals surface area contributed by atoms with Crippen LogP contribution in [0, 0.1) is 10.1 Å². The minimum Gasteiger partial charge on any atom is -0.478 e. The minimum atomic E-state index is -1.17. The van der Waals surface area contributed by atoms with Crippen molar-refractivity contribution in [2.24, 2.45) is 5.73 Å². The number of rotatable bonds is 3. The van der Waals surface area contributed by atoms with E-state index in [2.05, 4.69) is 4.98 Å². The molecule has 2 aromatic rings. The van der Waals surface area contributed by atoms with Crippen LogP contribution >= 0.6 is 0 Å². The zero-order valence-corrected chi connectivity index (χ0v) is 10.7. The molecule has 8 nitrogen and oxygen atoms in total. The molecule has 0 saturated heterocycles. The van der Waals surface area contributed by atoms with Crippen molar-refractivity contribution in [1.82, 2.24) is 4.98 Å². The van der Waals surface area contributed by atoms with Crippen molar-refractivity contribution in [1.29, 1.82) is 0 Å². The zero-order valence-electron chi connectivity index (χ0n) is 10.7. The molecular weight excluding hydrogens is 278 g/mol. The van der Waals surface area contributed by atoms with Gasteiger partial charge in [0.25, 0.3) is 5.69 Å². The molecule has 0 aliphatic heterocycles. The lowest BCUT2D eigenvalue weighted by Gasteiger charge is -1.92. The molecule has 0 unspecified atom stereocenters. The van der Waals surface area contributed by atoms with Gasteiger partial charge in [-0.1, -0.05) is 6.07 Å². The van der Waals surface area contributed by atoms with E-state index in [-0.39, 0.29) is 11.3 Å². The molecule has 1 aromatic carbocycles. The number of aromatic carboxylic acids is 1. The second kappa shape index (κ2) is 7.34. The van der Waals surface area contributed by atoms with Crippen molar-refractivity contribution in [2.75, 3.05) is 0 Å². The summed E-state index contributed by atoms with van der Waals surface area (Å²) >= 11 is 0. The Kier molecular flexibility index (Phi) is 5.51. The zero-order chi connectivity index (χ0) is 15.8. The number of carboxylic acid groups (broad SMARTS) is 1.